The Morgan fingerprint density at radius 3 is 1.78 bits per heavy atom. The predicted octanol–water partition coefficient (Wildman–Crippen LogP) is 8.93. The molecule has 302 valence electrons. The summed E-state index contributed by atoms with van der Waals surface area (Å²) in [7, 11) is 3.41. The molecule has 10 nitrogen and oxygen atoms in total. The molecule has 6 fully saturated rings. The lowest BCUT2D eigenvalue weighted by atomic mass is 9.72. The Labute approximate surface area is 343 Å². The van der Waals surface area contributed by atoms with E-state index in [1.165, 1.54) is 25.0 Å². The summed E-state index contributed by atoms with van der Waals surface area (Å²) in [6.07, 6.45) is 9.12. The van der Waals surface area contributed by atoms with Crippen LogP contribution in [-0.4, -0.2) is 92.8 Å². The number of hydrogen-bond donors (Lipinski definition) is 1. The van der Waals surface area contributed by atoms with Gasteiger partial charge in [-0.1, -0.05) is 32.4 Å². The van der Waals surface area contributed by atoms with Gasteiger partial charge in [-0.05, 0) is 116 Å². The van der Waals surface area contributed by atoms with E-state index in [1.807, 2.05) is 36.7 Å². The Morgan fingerprint density at radius 2 is 1.28 bits per heavy atom. The maximum absolute atomic E-state index is 7.30. The van der Waals surface area contributed by atoms with Crippen molar-refractivity contribution in [3.8, 4) is 23.3 Å². The van der Waals surface area contributed by atoms with Crippen molar-refractivity contribution >= 4 is 43.5 Å². The zero-order valence-electron chi connectivity index (χ0n) is 34.0. The Bertz CT molecular complexity index is 2280. The first-order chi connectivity index (χ1) is 28.5. The molecule has 6 saturated heterocycles. The number of fused-ring (bicyclic) bond motifs is 9. The molecule has 0 aliphatic carbocycles. The monoisotopic (exact) mass is 798 g/mol. The molecule has 3 aromatic carbocycles. The van der Waals surface area contributed by atoms with Crippen molar-refractivity contribution in [2.45, 2.75) is 75.5 Å². The predicted molar refractivity (Wildman–Crippen MR) is 233 cm³/mol. The number of aromatic nitrogens is 4. The lowest BCUT2D eigenvalue weighted by molar-refractivity contribution is -0.0492. The average Bonchev–Trinajstić information content (AvgIpc) is 3.29. The normalized spacial score (nSPS) is 28.1. The van der Waals surface area contributed by atoms with E-state index in [1.54, 1.807) is 14.2 Å². The minimum absolute atomic E-state index is 0.0124. The molecule has 11 heteroatoms. The fourth-order valence-corrected chi connectivity index (χ4v) is 13.5. The fourth-order valence-electron chi connectivity index (χ4n) is 10.7. The summed E-state index contributed by atoms with van der Waals surface area (Å²) in [6.45, 7) is 7.96. The van der Waals surface area contributed by atoms with Crippen LogP contribution in [0.3, 0.4) is 0 Å². The average molecular weight is 799 g/mol. The maximum atomic E-state index is 7.30. The summed E-state index contributed by atoms with van der Waals surface area (Å²) < 4.78 is 26.0. The Morgan fingerprint density at radius 1 is 0.690 bits per heavy atom. The molecule has 10 atom stereocenters. The van der Waals surface area contributed by atoms with E-state index in [0.29, 0.717) is 23.6 Å². The summed E-state index contributed by atoms with van der Waals surface area (Å²) in [4.78, 5) is 14.8. The minimum Gasteiger partial charge on any atom is -0.497 e. The van der Waals surface area contributed by atoms with Gasteiger partial charge in [0.2, 0.25) is 11.8 Å². The number of methoxy groups -OCH3 is 2. The molecule has 6 aromatic rings. The van der Waals surface area contributed by atoms with E-state index in [4.69, 9.17) is 39.1 Å². The Kier molecular flexibility index (Phi) is 10.2. The Hall–Kier alpha value is -4.71. The zero-order valence-corrected chi connectivity index (χ0v) is 34.9. The van der Waals surface area contributed by atoms with Gasteiger partial charge in [0.05, 0.1) is 48.1 Å². The number of pyridine rings is 2. The molecule has 3 aromatic heterocycles. The highest BCUT2D eigenvalue weighted by Crippen LogP contribution is 2.51. The summed E-state index contributed by atoms with van der Waals surface area (Å²) in [6, 6.07) is 25.1. The summed E-state index contributed by atoms with van der Waals surface area (Å²) in [5, 5.41) is 14.4. The first-order valence-corrected chi connectivity index (χ1v) is 23.0. The molecule has 0 N–H and O–H groups in total. The molecule has 8 unspecified atom stereocenters. The van der Waals surface area contributed by atoms with Gasteiger partial charge < -0.3 is 18.9 Å². The fraction of sp³-hybridized carbons (Fsp3) is 0.447. The number of hydrogen-bond acceptors (Lipinski definition) is 10. The highest BCUT2D eigenvalue weighted by molar-refractivity contribution is 8.17. The van der Waals surface area contributed by atoms with Crippen molar-refractivity contribution in [1.29, 1.82) is 0 Å². The molecule has 0 saturated carbocycles. The number of rotatable bonds is 12. The van der Waals surface area contributed by atoms with Crippen LogP contribution in [0, 0.1) is 11.8 Å². The molecule has 4 bridgehead atoms. The number of thiol groups is 1. The van der Waals surface area contributed by atoms with Crippen LogP contribution in [0.1, 0.15) is 69.3 Å². The van der Waals surface area contributed by atoms with E-state index in [0.717, 1.165) is 98.8 Å². The van der Waals surface area contributed by atoms with Gasteiger partial charge in [0, 0.05) is 53.3 Å². The van der Waals surface area contributed by atoms with Gasteiger partial charge >= 0.3 is 0 Å². The zero-order chi connectivity index (χ0) is 39.3. The van der Waals surface area contributed by atoms with Crippen molar-refractivity contribution < 1.29 is 18.9 Å². The Balaban J connectivity index is 1.06. The van der Waals surface area contributed by atoms with Crippen molar-refractivity contribution in [3.05, 3.63) is 96.3 Å². The van der Waals surface area contributed by atoms with Crippen LogP contribution < -0.4 is 18.9 Å². The molecular weight excluding hydrogens is 745 g/mol. The van der Waals surface area contributed by atoms with Crippen molar-refractivity contribution in [2.24, 2.45) is 11.8 Å². The molecule has 58 heavy (non-hydrogen) atoms. The standard InChI is InChI=1S/C47H54N6O4S/c1-5-29-27-52-21-17-30(29)23-42(52)44(34-15-19-48-40-13-11-31(54-3)24-38(34)40)56-46-36-9-7-8-10-37(36)47(51-50-46)57-45(43-26-33-18-22-53(43)28-58(33)6-2)35-16-20-49-41-14-12-32(55-4)25-39(35)41/h7-16,19-20,24-25,29-30,33,42-45,58H,5-6,17-18,21-23,26-28H2,1-4H3/t29?,30-,33?,42?,43?,44?,45?/m1/s1. The first-order valence-electron chi connectivity index (χ1n) is 21.2. The van der Waals surface area contributed by atoms with Crippen LogP contribution in [0.5, 0.6) is 23.3 Å². The topological polar surface area (TPSA) is 95.0 Å². The van der Waals surface area contributed by atoms with Gasteiger partial charge in [0.25, 0.3) is 0 Å². The molecule has 0 radical (unpaired) electrons. The second-order valence-corrected chi connectivity index (χ2v) is 19.4. The summed E-state index contributed by atoms with van der Waals surface area (Å²) in [5.74, 6) is 6.44. The van der Waals surface area contributed by atoms with Crippen molar-refractivity contribution in [1.82, 2.24) is 30.0 Å². The molecule has 6 aliphatic rings. The van der Waals surface area contributed by atoms with Gasteiger partial charge in [-0.2, -0.15) is 0 Å². The maximum Gasteiger partial charge on any atom is 0.242 e. The van der Waals surface area contributed by atoms with Gasteiger partial charge in [0.15, 0.2) is 0 Å². The molecule has 12 rings (SSSR count). The van der Waals surface area contributed by atoms with E-state index in [2.05, 4.69) is 72.2 Å². The number of benzene rings is 3. The lowest BCUT2D eigenvalue weighted by Gasteiger charge is -2.53. The van der Waals surface area contributed by atoms with Crippen LogP contribution in [0.2, 0.25) is 0 Å². The lowest BCUT2D eigenvalue weighted by Crippen LogP contribution is -2.56. The number of ether oxygens (including phenoxy) is 4. The van der Waals surface area contributed by atoms with Gasteiger partial charge in [-0.3, -0.25) is 19.8 Å². The molecule has 0 spiro atoms. The number of nitrogens with zero attached hydrogens (tertiary/aromatic N) is 6. The SMILES string of the molecule is CCC1C[N@@]2CC[C@@H]1CC2C(Oc1nnc(OC(c2ccnc3ccc(OC)cc23)C2CC3CCN2C[SH]3CC)c2ccccc12)c1ccnc2ccc(OC)cc12. The highest BCUT2D eigenvalue weighted by atomic mass is 32.2. The minimum atomic E-state index is -0.298. The summed E-state index contributed by atoms with van der Waals surface area (Å²) in [5.41, 5.74) is 4.03. The van der Waals surface area contributed by atoms with E-state index < -0.39 is 0 Å². The second kappa shape index (κ2) is 15.8. The van der Waals surface area contributed by atoms with Gasteiger partial charge in [-0.25, -0.2) is 10.9 Å². The van der Waals surface area contributed by atoms with Gasteiger partial charge in [-0.15, -0.1) is 10.2 Å². The number of piperidine rings is 4. The van der Waals surface area contributed by atoms with E-state index >= 15 is 0 Å². The van der Waals surface area contributed by atoms with E-state index in [9.17, 15) is 0 Å². The third-order valence-electron chi connectivity index (χ3n) is 13.9. The molecule has 6 aliphatic heterocycles. The third-order valence-corrected chi connectivity index (χ3v) is 16.9. The van der Waals surface area contributed by atoms with Crippen molar-refractivity contribution in [2.75, 3.05) is 45.5 Å². The largest absolute Gasteiger partial charge is 0.497 e. The van der Waals surface area contributed by atoms with Crippen LogP contribution >= 0.6 is 10.9 Å². The molecule has 9 heterocycles. The van der Waals surface area contributed by atoms with Crippen LogP contribution in [-0.2, 0) is 0 Å². The van der Waals surface area contributed by atoms with Crippen LogP contribution in [0.15, 0.2) is 85.2 Å². The van der Waals surface area contributed by atoms with Gasteiger partial charge in [0.1, 0.15) is 23.7 Å². The van der Waals surface area contributed by atoms with Crippen molar-refractivity contribution in [3.63, 3.8) is 0 Å². The first kappa shape index (κ1) is 37.6. The van der Waals surface area contributed by atoms with Crippen LogP contribution in [0.25, 0.3) is 32.6 Å². The van der Waals surface area contributed by atoms with E-state index in [-0.39, 0.29) is 35.2 Å². The molecular formula is C47H54N6O4S. The quantitative estimate of drug-likeness (QED) is 0.121. The van der Waals surface area contributed by atoms with Crippen LogP contribution in [0.4, 0.5) is 0 Å². The molecule has 0 amide bonds. The smallest absolute Gasteiger partial charge is 0.242 e. The second-order valence-electron chi connectivity index (χ2n) is 16.6. The summed E-state index contributed by atoms with van der Waals surface area (Å²) >= 11 is 0. The third kappa shape index (κ3) is 6.69. The highest BCUT2D eigenvalue weighted by Gasteiger charge is 2.46.